The van der Waals surface area contributed by atoms with E-state index in [1.165, 1.54) is 0 Å². The SMILES string of the molecule is COCCOCC(C)NC(=O)C(N)C1CCOCC1.Cl. The highest BCUT2D eigenvalue weighted by Crippen LogP contribution is 2.17. The second-order valence-electron chi connectivity index (χ2n) is 4.95. The van der Waals surface area contributed by atoms with Crippen molar-refractivity contribution < 1.29 is 19.0 Å². The molecule has 0 radical (unpaired) electrons. The van der Waals surface area contributed by atoms with Gasteiger partial charge in [0.25, 0.3) is 0 Å². The molecule has 120 valence electrons. The van der Waals surface area contributed by atoms with E-state index >= 15 is 0 Å². The predicted molar refractivity (Wildman–Crippen MR) is 79.1 cm³/mol. The van der Waals surface area contributed by atoms with Crippen LogP contribution in [0.15, 0.2) is 0 Å². The van der Waals surface area contributed by atoms with E-state index < -0.39 is 6.04 Å². The van der Waals surface area contributed by atoms with Crippen molar-refractivity contribution in [2.75, 3.05) is 40.1 Å². The van der Waals surface area contributed by atoms with Crippen LogP contribution in [0, 0.1) is 5.92 Å². The van der Waals surface area contributed by atoms with E-state index in [1.807, 2.05) is 6.92 Å². The van der Waals surface area contributed by atoms with Gasteiger partial charge in [0.2, 0.25) is 5.91 Å². The number of methoxy groups -OCH3 is 1. The van der Waals surface area contributed by atoms with Crippen LogP contribution < -0.4 is 11.1 Å². The number of carbonyl (C=O) groups is 1. The molecule has 1 aliphatic heterocycles. The van der Waals surface area contributed by atoms with Crippen LogP contribution in [0.3, 0.4) is 0 Å². The fraction of sp³-hybridized carbons (Fsp3) is 0.923. The molecule has 1 saturated heterocycles. The number of ether oxygens (including phenoxy) is 3. The Morgan fingerprint density at radius 2 is 2.05 bits per heavy atom. The number of carbonyl (C=O) groups excluding carboxylic acids is 1. The van der Waals surface area contributed by atoms with Crippen LogP contribution in [-0.2, 0) is 19.0 Å². The van der Waals surface area contributed by atoms with Crippen molar-refractivity contribution in [3.8, 4) is 0 Å². The van der Waals surface area contributed by atoms with Crippen molar-refractivity contribution >= 4 is 18.3 Å². The molecule has 2 unspecified atom stereocenters. The number of amides is 1. The average molecular weight is 311 g/mol. The maximum Gasteiger partial charge on any atom is 0.237 e. The van der Waals surface area contributed by atoms with Gasteiger partial charge in [-0.15, -0.1) is 12.4 Å². The van der Waals surface area contributed by atoms with E-state index in [9.17, 15) is 4.79 Å². The predicted octanol–water partition coefficient (Wildman–Crippen LogP) is 0.330. The zero-order valence-corrected chi connectivity index (χ0v) is 13.1. The Labute approximate surface area is 127 Å². The van der Waals surface area contributed by atoms with Crippen molar-refractivity contribution in [3.63, 3.8) is 0 Å². The molecule has 1 amide bonds. The van der Waals surface area contributed by atoms with E-state index in [4.69, 9.17) is 19.9 Å². The lowest BCUT2D eigenvalue weighted by molar-refractivity contribution is -0.125. The van der Waals surface area contributed by atoms with Crippen LogP contribution in [0.5, 0.6) is 0 Å². The number of rotatable bonds is 8. The fourth-order valence-electron chi connectivity index (χ4n) is 2.07. The Morgan fingerprint density at radius 3 is 2.65 bits per heavy atom. The van der Waals surface area contributed by atoms with Crippen molar-refractivity contribution in [3.05, 3.63) is 0 Å². The summed E-state index contributed by atoms with van der Waals surface area (Å²) in [5.74, 6) is 0.116. The van der Waals surface area contributed by atoms with E-state index in [2.05, 4.69) is 5.32 Å². The second kappa shape index (κ2) is 11.3. The standard InChI is InChI=1S/C13H26N2O4.ClH/c1-10(9-19-8-7-17-2)15-13(16)12(14)11-3-5-18-6-4-11;/h10-12H,3-9,14H2,1-2H3,(H,15,16);1H. The lowest BCUT2D eigenvalue weighted by atomic mass is 9.92. The van der Waals surface area contributed by atoms with E-state index in [1.54, 1.807) is 7.11 Å². The molecule has 1 rings (SSSR count). The second-order valence-corrected chi connectivity index (χ2v) is 4.95. The van der Waals surface area contributed by atoms with Crippen molar-refractivity contribution in [2.24, 2.45) is 11.7 Å². The van der Waals surface area contributed by atoms with Gasteiger partial charge in [0, 0.05) is 26.4 Å². The molecule has 0 saturated carbocycles. The van der Waals surface area contributed by atoms with Gasteiger partial charge in [-0.2, -0.15) is 0 Å². The molecule has 0 aliphatic carbocycles. The molecule has 7 heteroatoms. The molecule has 20 heavy (non-hydrogen) atoms. The topological polar surface area (TPSA) is 82.8 Å². The smallest absolute Gasteiger partial charge is 0.237 e. The first-order chi connectivity index (χ1) is 9.15. The highest BCUT2D eigenvalue weighted by molar-refractivity contribution is 5.85. The Balaban J connectivity index is 0.00000361. The number of halogens is 1. The molecule has 0 spiro atoms. The number of hydrogen-bond donors (Lipinski definition) is 2. The van der Waals surface area contributed by atoms with Crippen LogP contribution in [0.2, 0.25) is 0 Å². The Bertz CT molecular complexity index is 263. The van der Waals surface area contributed by atoms with E-state index in [0.29, 0.717) is 33.0 Å². The minimum absolute atomic E-state index is 0. The summed E-state index contributed by atoms with van der Waals surface area (Å²) in [7, 11) is 1.63. The zero-order valence-electron chi connectivity index (χ0n) is 12.3. The first-order valence-corrected chi connectivity index (χ1v) is 6.85. The van der Waals surface area contributed by atoms with Gasteiger partial charge >= 0.3 is 0 Å². The number of hydrogen-bond acceptors (Lipinski definition) is 5. The third kappa shape index (κ3) is 7.40. The van der Waals surface area contributed by atoms with Crippen LogP contribution in [0.1, 0.15) is 19.8 Å². The zero-order chi connectivity index (χ0) is 14.1. The molecule has 6 nitrogen and oxygen atoms in total. The summed E-state index contributed by atoms with van der Waals surface area (Å²) in [4.78, 5) is 12.0. The normalized spacial score (nSPS) is 18.9. The molecule has 0 aromatic carbocycles. The fourth-order valence-corrected chi connectivity index (χ4v) is 2.07. The van der Waals surface area contributed by atoms with Crippen LogP contribution in [0.25, 0.3) is 0 Å². The number of nitrogens with one attached hydrogen (secondary N) is 1. The van der Waals surface area contributed by atoms with Crippen LogP contribution >= 0.6 is 12.4 Å². The van der Waals surface area contributed by atoms with E-state index in [0.717, 1.165) is 12.8 Å². The molecule has 3 N–H and O–H groups in total. The third-order valence-electron chi connectivity index (χ3n) is 3.26. The molecule has 1 fully saturated rings. The van der Waals surface area contributed by atoms with E-state index in [-0.39, 0.29) is 30.3 Å². The summed E-state index contributed by atoms with van der Waals surface area (Å²) in [6, 6.07) is -0.499. The maximum absolute atomic E-state index is 12.0. The highest BCUT2D eigenvalue weighted by Gasteiger charge is 2.27. The minimum Gasteiger partial charge on any atom is -0.382 e. The van der Waals surface area contributed by atoms with Gasteiger partial charge in [-0.3, -0.25) is 4.79 Å². The van der Waals surface area contributed by atoms with Gasteiger partial charge in [0.05, 0.1) is 25.9 Å². The van der Waals surface area contributed by atoms with Gasteiger partial charge < -0.3 is 25.3 Å². The third-order valence-corrected chi connectivity index (χ3v) is 3.26. The molecule has 1 aliphatic rings. The lowest BCUT2D eigenvalue weighted by Gasteiger charge is -2.27. The summed E-state index contributed by atoms with van der Waals surface area (Å²) in [5.41, 5.74) is 5.99. The Morgan fingerprint density at radius 1 is 1.40 bits per heavy atom. The monoisotopic (exact) mass is 310 g/mol. The van der Waals surface area contributed by atoms with Crippen molar-refractivity contribution in [1.82, 2.24) is 5.32 Å². The molecule has 1 heterocycles. The number of nitrogens with two attached hydrogens (primary N) is 1. The summed E-state index contributed by atoms with van der Waals surface area (Å²) >= 11 is 0. The van der Waals surface area contributed by atoms with Crippen molar-refractivity contribution in [2.45, 2.75) is 31.8 Å². The van der Waals surface area contributed by atoms with Gasteiger partial charge in [0.1, 0.15) is 0 Å². The molecular formula is C13H27ClN2O4. The minimum atomic E-state index is -0.453. The Hall–Kier alpha value is -0.400. The molecular weight excluding hydrogens is 284 g/mol. The van der Waals surface area contributed by atoms with Crippen LogP contribution in [-0.4, -0.2) is 58.1 Å². The highest BCUT2D eigenvalue weighted by atomic mass is 35.5. The summed E-state index contributed by atoms with van der Waals surface area (Å²) < 4.78 is 15.5. The lowest BCUT2D eigenvalue weighted by Crippen LogP contribution is -2.50. The maximum atomic E-state index is 12.0. The van der Waals surface area contributed by atoms with Gasteiger partial charge in [-0.25, -0.2) is 0 Å². The van der Waals surface area contributed by atoms with Crippen LogP contribution in [0.4, 0.5) is 0 Å². The average Bonchev–Trinajstić information content (AvgIpc) is 2.43. The summed E-state index contributed by atoms with van der Waals surface area (Å²) in [6.45, 7) is 4.85. The largest absolute Gasteiger partial charge is 0.382 e. The molecule has 2 atom stereocenters. The van der Waals surface area contributed by atoms with Gasteiger partial charge in [0.15, 0.2) is 0 Å². The van der Waals surface area contributed by atoms with Crippen molar-refractivity contribution in [1.29, 1.82) is 0 Å². The molecule has 0 aromatic heterocycles. The summed E-state index contributed by atoms with van der Waals surface area (Å²) in [6.07, 6.45) is 1.71. The Kier molecular flexibility index (Phi) is 11.1. The van der Waals surface area contributed by atoms with Gasteiger partial charge in [-0.05, 0) is 25.7 Å². The molecule has 0 bridgehead atoms. The van der Waals surface area contributed by atoms with Gasteiger partial charge in [-0.1, -0.05) is 0 Å². The first-order valence-electron chi connectivity index (χ1n) is 6.85. The summed E-state index contributed by atoms with van der Waals surface area (Å²) in [5, 5.41) is 2.88. The quantitative estimate of drug-likeness (QED) is 0.631. The molecule has 0 aromatic rings. The first kappa shape index (κ1) is 19.6.